The van der Waals surface area contributed by atoms with Crippen LogP contribution in [0.4, 0.5) is 5.69 Å². The van der Waals surface area contributed by atoms with Crippen molar-refractivity contribution in [1.82, 2.24) is 0 Å². The van der Waals surface area contributed by atoms with Crippen LogP contribution in [0.3, 0.4) is 0 Å². The van der Waals surface area contributed by atoms with E-state index in [1.807, 2.05) is 18.5 Å². The number of thiophene rings is 1. The van der Waals surface area contributed by atoms with E-state index < -0.39 is 0 Å². The predicted octanol–water partition coefficient (Wildman–Crippen LogP) is 2.03. The number of methoxy groups -OCH3 is 1. The Morgan fingerprint density at radius 1 is 1.64 bits per heavy atom. The number of rotatable bonds is 6. The molecule has 1 aromatic rings. The van der Waals surface area contributed by atoms with Gasteiger partial charge < -0.3 is 9.64 Å². The zero-order valence-corrected chi connectivity index (χ0v) is 9.34. The van der Waals surface area contributed by atoms with Crippen LogP contribution in [0.1, 0.15) is 16.1 Å². The lowest BCUT2D eigenvalue weighted by Crippen LogP contribution is -2.18. The Morgan fingerprint density at radius 2 is 2.43 bits per heavy atom. The summed E-state index contributed by atoms with van der Waals surface area (Å²) >= 11 is 1.48. The highest BCUT2D eigenvalue weighted by Crippen LogP contribution is 2.20. The molecule has 14 heavy (non-hydrogen) atoms. The molecule has 3 nitrogen and oxygen atoms in total. The molecular formula is C10H15NO2S. The van der Waals surface area contributed by atoms with Gasteiger partial charge in [0.1, 0.15) is 0 Å². The molecule has 1 rings (SSSR count). The smallest absolute Gasteiger partial charge is 0.160 e. The van der Waals surface area contributed by atoms with Crippen LogP contribution in [0, 0.1) is 0 Å². The SMILES string of the molecule is COCCCN(C)c1csc(C=O)c1. The molecule has 0 fully saturated rings. The number of hydrogen-bond donors (Lipinski definition) is 0. The summed E-state index contributed by atoms with van der Waals surface area (Å²) in [4.78, 5) is 13.4. The summed E-state index contributed by atoms with van der Waals surface area (Å²) in [6.07, 6.45) is 1.89. The predicted molar refractivity (Wildman–Crippen MR) is 59.5 cm³/mol. The van der Waals surface area contributed by atoms with Gasteiger partial charge in [0.05, 0.1) is 4.88 Å². The van der Waals surface area contributed by atoms with Crippen LogP contribution in [-0.4, -0.2) is 33.6 Å². The molecule has 4 heteroatoms. The molecule has 0 unspecified atom stereocenters. The number of ether oxygens (including phenoxy) is 1. The van der Waals surface area contributed by atoms with Crippen molar-refractivity contribution in [3.8, 4) is 0 Å². The Kier molecular flexibility index (Phi) is 4.62. The van der Waals surface area contributed by atoms with Crippen LogP contribution in [-0.2, 0) is 4.74 Å². The van der Waals surface area contributed by atoms with Crippen LogP contribution in [0.15, 0.2) is 11.4 Å². The van der Waals surface area contributed by atoms with Crippen molar-refractivity contribution in [3.05, 3.63) is 16.3 Å². The summed E-state index contributed by atoms with van der Waals surface area (Å²) in [6, 6.07) is 1.91. The van der Waals surface area contributed by atoms with Crippen LogP contribution >= 0.6 is 11.3 Å². The molecule has 0 radical (unpaired) electrons. The van der Waals surface area contributed by atoms with Gasteiger partial charge in [0.15, 0.2) is 6.29 Å². The molecular weight excluding hydrogens is 198 g/mol. The number of hydrogen-bond acceptors (Lipinski definition) is 4. The molecule has 1 aromatic heterocycles. The second-order valence-electron chi connectivity index (χ2n) is 3.09. The Morgan fingerprint density at radius 3 is 3.00 bits per heavy atom. The second kappa shape index (κ2) is 5.78. The largest absolute Gasteiger partial charge is 0.385 e. The molecule has 0 aromatic carbocycles. The minimum Gasteiger partial charge on any atom is -0.385 e. The fraction of sp³-hybridized carbons (Fsp3) is 0.500. The van der Waals surface area contributed by atoms with E-state index in [9.17, 15) is 4.79 Å². The topological polar surface area (TPSA) is 29.5 Å². The Hall–Kier alpha value is -0.870. The van der Waals surface area contributed by atoms with Crippen molar-refractivity contribution >= 4 is 23.3 Å². The molecule has 0 spiro atoms. The minimum atomic E-state index is 0.773. The summed E-state index contributed by atoms with van der Waals surface area (Å²) in [7, 11) is 3.72. The zero-order valence-electron chi connectivity index (χ0n) is 8.53. The van der Waals surface area contributed by atoms with E-state index in [1.54, 1.807) is 7.11 Å². The molecule has 0 bridgehead atoms. The average Bonchev–Trinajstić information content (AvgIpc) is 2.66. The van der Waals surface area contributed by atoms with Gasteiger partial charge in [-0.15, -0.1) is 11.3 Å². The molecule has 0 saturated carbocycles. The van der Waals surface area contributed by atoms with Gasteiger partial charge >= 0.3 is 0 Å². The van der Waals surface area contributed by atoms with Gasteiger partial charge in [-0.2, -0.15) is 0 Å². The lowest BCUT2D eigenvalue weighted by molar-refractivity contribution is 0.112. The number of carbonyl (C=O) groups excluding carboxylic acids is 1. The number of carbonyl (C=O) groups is 1. The highest BCUT2D eigenvalue weighted by molar-refractivity contribution is 7.12. The van der Waals surface area contributed by atoms with Crippen LogP contribution in [0.2, 0.25) is 0 Å². The van der Waals surface area contributed by atoms with E-state index in [2.05, 4.69) is 4.90 Å². The maximum absolute atomic E-state index is 10.5. The third kappa shape index (κ3) is 3.12. The second-order valence-corrected chi connectivity index (χ2v) is 4.04. The summed E-state index contributed by atoms with van der Waals surface area (Å²) in [6.45, 7) is 1.72. The summed E-state index contributed by atoms with van der Waals surface area (Å²) in [5.74, 6) is 0. The van der Waals surface area contributed by atoms with Gasteiger partial charge in [-0.1, -0.05) is 0 Å². The average molecular weight is 213 g/mol. The number of anilines is 1. The molecule has 78 valence electrons. The lowest BCUT2D eigenvalue weighted by Gasteiger charge is -2.16. The molecule has 0 amide bonds. The maximum Gasteiger partial charge on any atom is 0.160 e. The summed E-state index contributed by atoms with van der Waals surface area (Å²) in [5, 5.41) is 2.00. The van der Waals surface area contributed by atoms with Gasteiger partial charge in [0, 0.05) is 38.4 Å². The first-order valence-corrected chi connectivity index (χ1v) is 5.39. The van der Waals surface area contributed by atoms with E-state index in [1.165, 1.54) is 11.3 Å². The first kappa shape index (κ1) is 11.2. The van der Waals surface area contributed by atoms with Crippen LogP contribution in [0.5, 0.6) is 0 Å². The first-order valence-electron chi connectivity index (χ1n) is 4.51. The van der Waals surface area contributed by atoms with Gasteiger partial charge in [0.2, 0.25) is 0 Å². The van der Waals surface area contributed by atoms with Crippen molar-refractivity contribution in [2.24, 2.45) is 0 Å². The third-order valence-corrected chi connectivity index (χ3v) is 2.85. The fourth-order valence-corrected chi connectivity index (χ4v) is 1.93. The monoisotopic (exact) mass is 213 g/mol. The van der Waals surface area contributed by atoms with Crippen molar-refractivity contribution in [2.75, 3.05) is 32.2 Å². The number of aldehydes is 1. The standard InChI is InChI=1S/C10H15NO2S/c1-11(4-3-5-13-2)9-6-10(7-12)14-8-9/h6-8H,3-5H2,1-2H3. The Labute approximate surface area is 88.3 Å². The Bertz CT molecular complexity index is 285. The molecule has 0 saturated heterocycles. The Balaban J connectivity index is 2.43. The van der Waals surface area contributed by atoms with Gasteiger partial charge in [0.25, 0.3) is 0 Å². The van der Waals surface area contributed by atoms with E-state index in [4.69, 9.17) is 4.74 Å². The molecule has 0 aliphatic heterocycles. The summed E-state index contributed by atoms with van der Waals surface area (Å²) in [5.41, 5.74) is 1.10. The number of nitrogens with zero attached hydrogens (tertiary/aromatic N) is 1. The van der Waals surface area contributed by atoms with Crippen molar-refractivity contribution in [3.63, 3.8) is 0 Å². The van der Waals surface area contributed by atoms with E-state index >= 15 is 0 Å². The van der Waals surface area contributed by atoms with E-state index in [-0.39, 0.29) is 0 Å². The molecule has 0 atom stereocenters. The van der Waals surface area contributed by atoms with E-state index in [0.717, 1.165) is 36.4 Å². The van der Waals surface area contributed by atoms with Crippen LogP contribution < -0.4 is 4.90 Å². The first-order chi connectivity index (χ1) is 6.77. The quantitative estimate of drug-likeness (QED) is 0.535. The fourth-order valence-electron chi connectivity index (χ4n) is 1.18. The maximum atomic E-state index is 10.5. The lowest BCUT2D eigenvalue weighted by atomic mass is 10.3. The van der Waals surface area contributed by atoms with Gasteiger partial charge in [-0.3, -0.25) is 4.79 Å². The van der Waals surface area contributed by atoms with Crippen molar-refractivity contribution in [2.45, 2.75) is 6.42 Å². The third-order valence-electron chi connectivity index (χ3n) is 2.00. The summed E-state index contributed by atoms with van der Waals surface area (Å²) < 4.78 is 4.97. The van der Waals surface area contributed by atoms with Gasteiger partial charge in [-0.05, 0) is 12.5 Å². The highest BCUT2D eigenvalue weighted by atomic mass is 32.1. The van der Waals surface area contributed by atoms with Gasteiger partial charge in [-0.25, -0.2) is 0 Å². The highest BCUT2D eigenvalue weighted by Gasteiger charge is 2.03. The molecule has 0 aliphatic carbocycles. The minimum absolute atomic E-state index is 0.773. The molecule has 0 N–H and O–H groups in total. The normalized spacial score (nSPS) is 10.1. The van der Waals surface area contributed by atoms with Crippen LogP contribution in [0.25, 0.3) is 0 Å². The zero-order chi connectivity index (χ0) is 10.4. The molecule has 1 heterocycles. The van der Waals surface area contributed by atoms with Crippen molar-refractivity contribution in [1.29, 1.82) is 0 Å². The van der Waals surface area contributed by atoms with Crippen molar-refractivity contribution < 1.29 is 9.53 Å². The molecule has 0 aliphatic rings. The van der Waals surface area contributed by atoms with E-state index in [0.29, 0.717) is 0 Å².